The Balaban J connectivity index is 2.87. The second kappa shape index (κ2) is 3.94. The molecule has 55 valence electrons. The Labute approximate surface area is 70.3 Å². The van der Waals surface area contributed by atoms with Gasteiger partial charge in [-0.3, -0.25) is 4.79 Å². The lowest BCUT2D eigenvalue weighted by atomic mass is 10.2. The Morgan fingerprint density at radius 2 is 2.00 bits per heavy atom. The van der Waals surface area contributed by atoms with E-state index in [1.165, 1.54) is 0 Å². The lowest BCUT2D eigenvalue weighted by Crippen LogP contribution is -1.73. The topological polar surface area (TPSA) is 17.1 Å². The molecule has 11 heavy (non-hydrogen) atoms. The minimum atomic E-state index is 0.0937. The van der Waals surface area contributed by atoms with Crippen LogP contribution in [0.15, 0.2) is 35.4 Å². The van der Waals surface area contributed by atoms with Crippen LogP contribution in [0.1, 0.15) is 5.56 Å². The number of carbonyl (C=O) groups excluding carboxylic acids is 1. The van der Waals surface area contributed by atoms with Crippen molar-refractivity contribution in [2.24, 2.45) is 0 Å². The van der Waals surface area contributed by atoms with Crippen molar-refractivity contribution in [3.63, 3.8) is 0 Å². The molecule has 0 atom stereocenters. The maximum atomic E-state index is 9.98. The van der Waals surface area contributed by atoms with Crippen molar-refractivity contribution in [3.05, 3.63) is 40.9 Å². The van der Waals surface area contributed by atoms with E-state index < -0.39 is 0 Å². The minimum Gasteiger partial charge on any atom is -0.284 e. The second-order valence-electron chi connectivity index (χ2n) is 2.01. The molecule has 0 amide bonds. The van der Waals surface area contributed by atoms with Gasteiger partial charge in [0.1, 0.15) is 0 Å². The normalized spacial score (nSPS) is 11.2. The molecule has 1 aromatic rings. The molecule has 1 radical (unpaired) electrons. The van der Waals surface area contributed by atoms with Crippen LogP contribution in [0, 0.1) is 0 Å². The van der Waals surface area contributed by atoms with Crippen molar-refractivity contribution in [3.8, 4) is 0 Å². The van der Waals surface area contributed by atoms with Crippen LogP contribution >= 0.6 is 11.6 Å². The fourth-order valence-corrected chi connectivity index (χ4v) is 0.851. The highest BCUT2D eigenvalue weighted by Gasteiger charge is 1.89. The van der Waals surface area contributed by atoms with Crippen LogP contribution in [0.2, 0.25) is 0 Å². The SMILES string of the molecule is O=[C]C(Cl)=Cc1ccccc1. The maximum absolute atomic E-state index is 9.98. The van der Waals surface area contributed by atoms with Gasteiger partial charge in [0.2, 0.25) is 6.29 Å². The monoisotopic (exact) mass is 165 g/mol. The predicted molar refractivity (Wildman–Crippen MR) is 46.0 cm³/mol. The summed E-state index contributed by atoms with van der Waals surface area (Å²) in [6.07, 6.45) is 3.15. The van der Waals surface area contributed by atoms with Crippen LogP contribution < -0.4 is 0 Å². The van der Waals surface area contributed by atoms with Gasteiger partial charge in [-0.25, -0.2) is 0 Å². The summed E-state index contributed by atoms with van der Waals surface area (Å²) in [7, 11) is 0. The molecule has 0 saturated carbocycles. The van der Waals surface area contributed by atoms with E-state index in [0.29, 0.717) is 0 Å². The van der Waals surface area contributed by atoms with E-state index in [2.05, 4.69) is 0 Å². The average Bonchev–Trinajstić information content (AvgIpc) is 2.06. The molecule has 1 nitrogen and oxygen atoms in total. The van der Waals surface area contributed by atoms with Gasteiger partial charge in [-0.05, 0) is 11.6 Å². The lowest BCUT2D eigenvalue weighted by Gasteiger charge is -1.89. The highest BCUT2D eigenvalue weighted by atomic mass is 35.5. The molecular weight excluding hydrogens is 160 g/mol. The number of halogens is 1. The van der Waals surface area contributed by atoms with E-state index in [1.807, 2.05) is 30.3 Å². The third kappa shape index (κ3) is 2.56. The second-order valence-corrected chi connectivity index (χ2v) is 2.41. The van der Waals surface area contributed by atoms with Crippen LogP contribution in [0.3, 0.4) is 0 Å². The molecule has 0 aromatic heterocycles. The van der Waals surface area contributed by atoms with Crippen molar-refractivity contribution in [1.82, 2.24) is 0 Å². The van der Waals surface area contributed by atoms with Gasteiger partial charge in [0, 0.05) is 0 Å². The van der Waals surface area contributed by atoms with Crippen LogP contribution in [0.5, 0.6) is 0 Å². The molecule has 0 aliphatic heterocycles. The van der Waals surface area contributed by atoms with Gasteiger partial charge in [0.15, 0.2) is 0 Å². The molecule has 0 N–H and O–H groups in total. The summed E-state index contributed by atoms with van der Waals surface area (Å²) in [6.45, 7) is 0. The summed E-state index contributed by atoms with van der Waals surface area (Å²) in [4.78, 5) is 9.98. The van der Waals surface area contributed by atoms with Gasteiger partial charge in [-0.1, -0.05) is 41.9 Å². The van der Waals surface area contributed by atoms with Crippen LogP contribution in [0.4, 0.5) is 0 Å². The molecule has 0 bridgehead atoms. The first kappa shape index (κ1) is 8.02. The van der Waals surface area contributed by atoms with Gasteiger partial charge in [0.25, 0.3) is 0 Å². The molecule has 0 fully saturated rings. The average molecular weight is 166 g/mol. The Morgan fingerprint density at radius 1 is 1.36 bits per heavy atom. The smallest absolute Gasteiger partial charge is 0.245 e. The van der Waals surface area contributed by atoms with E-state index in [0.717, 1.165) is 5.56 Å². The molecule has 1 aromatic carbocycles. The first-order chi connectivity index (χ1) is 5.33. The third-order valence-electron chi connectivity index (χ3n) is 1.19. The van der Waals surface area contributed by atoms with E-state index in [1.54, 1.807) is 12.4 Å². The molecule has 2 heteroatoms. The van der Waals surface area contributed by atoms with E-state index in [-0.39, 0.29) is 5.03 Å². The summed E-state index contributed by atoms with van der Waals surface area (Å²) in [5.41, 5.74) is 0.904. The fraction of sp³-hybridized carbons (Fsp3) is 0. The van der Waals surface area contributed by atoms with Crippen molar-refractivity contribution in [1.29, 1.82) is 0 Å². The molecule has 1 rings (SSSR count). The van der Waals surface area contributed by atoms with Crippen molar-refractivity contribution in [2.75, 3.05) is 0 Å². The largest absolute Gasteiger partial charge is 0.284 e. The Hall–Kier alpha value is -1.08. The summed E-state index contributed by atoms with van der Waals surface area (Å²) >= 11 is 5.44. The number of benzene rings is 1. The van der Waals surface area contributed by atoms with E-state index in [4.69, 9.17) is 11.6 Å². The van der Waals surface area contributed by atoms with Crippen molar-refractivity contribution >= 4 is 24.0 Å². The zero-order chi connectivity index (χ0) is 8.10. The summed E-state index contributed by atoms with van der Waals surface area (Å²) in [6, 6.07) is 9.37. The Bertz CT molecular complexity index is 264. The molecule has 0 heterocycles. The molecule has 0 saturated heterocycles. The minimum absolute atomic E-state index is 0.0937. The summed E-state index contributed by atoms with van der Waals surface area (Å²) in [5.74, 6) is 0. The van der Waals surface area contributed by atoms with Gasteiger partial charge in [0.05, 0.1) is 5.03 Å². The van der Waals surface area contributed by atoms with E-state index >= 15 is 0 Å². The summed E-state index contributed by atoms with van der Waals surface area (Å²) < 4.78 is 0. The van der Waals surface area contributed by atoms with Gasteiger partial charge < -0.3 is 0 Å². The first-order valence-corrected chi connectivity index (χ1v) is 3.51. The first-order valence-electron chi connectivity index (χ1n) is 3.13. The lowest BCUT2D eigenvalue weighted by molar-refractivity contribution is 0.563. The number of hydrogen-bond donors (Lipinski definition) is 0. The standard InChI is InChI=1S/C9H6ClO/c10-9(7-11)6-8-4-2-1-3-5-8/h1-6H. The molecular formula is C9H6ClO. The zero-order valence-electron chi connectivity index (χ0n) is 5.75. The predicted octanol–water partition coefficient (Wildman–Crippen LogP) is 2.38. The van der Waals surface area contributed by atoms with Gasteiger partial charge >= 0.3 is 0 Å². The molecule has 0 aliphatic carbocycles. The third-order valence-corrected chi connectivity index (χ3v) is 1.38. The van der Waals surface area contributed by atoms with E-state index in [9.17, 15) is 4.79 Å². The quantitative estimate of drug-likeness (QED) is 0.615. The number of hydrogen-bond acceptors (Lipinski definition) is 1. The molecule has 0 unspecified atom stereocenters. The zero-order valence-corrected chi connectivity index (χ0v) is 6.51. The van der Waals surface area contributed by atoms with Crippen LogP contribution in [-0.2, 0) is 4.79 Å². The van der Waals surface area contributed by atoms with Crippen molar-refractivity contribution < 1.29 is 4.79 Å². The maximum Gasteiger partial charge on any atom is 0.245 e. The van der Waals surface area contributed by atoms with Gasteiger partial charge in [-0.2, -0.15) is 0 Å². The summed E-state index contributed by atoms with van der Waals surface area (Å²) in [5, 5.41) is 0.0937. The molecule has 0 aliphatic rings. The molecule has 0 spiro atoms. The highest BCUT2D eigenvalue weighted by molar-refractivity contribution is 6.40. The van der Waals surface area contributed by atoms with Crippen LogP contribution in [0.25, 0.3) is 6.08 Å². The Kier molecular flexibility index (Phi) is 2.87. The van der Waals surface area contributed by atoms with Crippen LogP contribution in [-0.4, -0.2) is 6.29 Å². The van der Waals surface area contributed by atoms with Crippen molar-refractivity contribution in [2.45, 2.75) is 0 Å². The van der Waals surface area contributed by atoms with Gasteiger partial charge in [-0.15, -0.1) is 0 Å². The highest BCUT2D eigenvalue weighted by Crippen LogP contribution is 2.06. The number of rotatable bonds is 2. The Morgan fingerprint density at radius 3 is 2.55 bits per heavy atom. The fourth-order valence-electron chi connectivity index (χ4n) is 0.725. The number of allylic oxidation sites excluding steroid dienone is 1.